The van der Waals surface area contributed by atoms with Gasteiger partial charge in [-0.15, -0.1) is 0 Å². The average molecular weight is 280 g/mol. The Kier molecular flexibility index (Phi) is 2.70. The van der Waals surface area contributed by atoms with E-state index in [1.54, 1.807) is 18.2 Å². The predicted octanol–water partition coefficient (Wildman–Crippen LogP) is 1.06. The van der Waals surface area contributed by atoms with Crippen LogP contribution in [0.25, 0.3) is 6.08 Å². The van der Waals surface area contributed by atoms with Gasteiger partial charge in [0.1, 0.15) is 0 Å². The van der Waals surface area contributed by atoms with Gasteiger partial charge in [0.25, 0.3) is 11.6 Å². The summed E-state index contributed by atoms with van der Waals surface area (Å²) in [6.07, 6.45) is 1.47. The monoisotopic (exact) mass is 279 g/mol. The molecule has 0 unspecified atom stereocenters. The highest BCUT2D eigenvalue weighted by Gasteiger charge is 2.34. The molecule has 1 aliphatic heterocycles. The summed E-state index contributed by atoms with van der Waals surface area (Å²) in [7, 11) is 0. The van der Waals surface area contributed by atoms with Crippen molar-refractivity contribution in [2.75, 3.05) is 0 Å². The van der Waals surface area contributed by atoms with E-state index in [9.17, 15) is 14.4 Å². The van der Waals surface area contributed by atoms with Crippen molar-refractivity contribution in [3.8, 4) is 0 Å². The first-order valence-electron chi connectivity index (χ1n) is 4.46. The Morgan fingerprint density at radius 1 is 1.06 bits per heavy atom. The van der Waals surface area contributed by atoms with E-state index in [1.165, 1.54) is 6.08 Å². The van der Waals surface area contributed by atoms with Crippen LogP contribution in [0.4, 0.5) is 0 Å². The van der Waals surface area contributed by atoms with Crippen molar-refractivity contribution >= 4 is 39.5 Å². The maximum absolute atomic E-state index is 11.3. The van der Waals surface area contributed by atoms with E-state index in [0.29, 0.717) is 0 Å². The zero-order valence-corrected chi connectivity index (χ0v) is 9.58. The molecule has 1 heterocycles. The Balaban J connectivity index is 2.40. The number of rotatable bonds is 1. The molecule has 0 spiro atoms. The first-order chi connectivity index (χ1) is 7.59. The number of hydrogen-bond acceptors (Lipinski definition) is 3. The summed E-state index contributed by atoms with van der Waals surface area (Å²) in [5.41, 5.74) is 0.739. The Morgan fingerprint density at radius 2 is 1.75 bits per heavy atom. The van der Waals surface area contributed by atoms with Gasteiger partial charge in [0.05, 0.1) is 5.70 Å². The van der Waals surface area contributed by atoms with Crippen molar-refractivity contribution < 1.29 is 14.4 Å². The molecule has 1 aromatic rings. The summed E-state index contributed by atoms with van der Waals surface area (Å²) in [6.45, 7) is 0. The fourth-order valence-corrected chi connectivity index (χ4v) is 1.71. The number of nitrogens with one attached hydrogen (secondary N) is 1. The summed E-state index contributed by atoms with van der Waals surface area (Å²) >= 11 is 3.30. The molecule has 0 atom stereocenters. The smallest absolute Gasteiger partial charge is 0.300 e. The second kappa shape index (κ2) is 4.02. The van der Waals surface area contributed by atoms with Crippen LogP contribution in [0.3, 0.4) is 0 Å². The molecule has 1 saturated heterocycles. The SMILES string of the molecule is O=C1NC(=Cc2ccccc2Br)C(=O)C1=O. The van der Waals surface area contributed by atoms with Gasteiger partial charge >= 0.3 is 5.91 Å². The molecule has 1 N–H and O–H groups in total. The number of amides is 1. The molecule has 16 heavy (non-hydrogen) atoms. The van der Waals surface area contributed by atoms with Gasteiger partial charge < -0.3 is 5.32 Å². The number of carbonyl (C=O) groups excluding carboxylic acids is 3. The number of benzene rings is 1. The molecule has 5 heteroatoms. The fraction of sp³-hybridized carbons (Fsp3) is 0. The van der Waals surface area contributed by atoms with E-state index < -0.39 is 17.5 Å². The summed E-state index contributed by atoms with van der Waals surface area (Å²) < 4.78 is 0.781. The predicted molar refractivity (Wildman–Crippen MR) is 60.3 cm³/mol. The van der Waals surface area contributed by atoms with Crippen LogP contribution < -0.4 is 5.32 Å². The van der Waals surface area contributed by atoms with Crippen LogP contribution in [0, 0.1) is 0 Å². The van der Waals surface area contributed by atoms with Crippen LogP contribution in [-0.4, -0.2) is 17.5 Å². The highest BCUT2D eigenvalue weighted by molar-refractivity contribution is 9.10. The van der Waals surface area contributed by atoms with E-state index in [-0.39, 0.29) is 5.70 Å². The van der Waals surface area contributed by atoms with Gasteiger partial charge in [0.15, 0.2) is 0 Å². The van der Waals surface area contributed by atoms with Crippen molar-refractivity contribution in [1.29, 1.82) is 0 Å². The maximum Gasteiger partial charge on any atom is 0.300 e. The van der Waals surface area contributed by atoms with E-state index in [4.69, 9.17) is 0 Å². The first-order valence-corrected chi connectivity index (χ1v) is 5.25. The molecule has 80 valence electrons. The fourth-order valence-electron chi connectivity index (χ4n) is 1.31. The summed E-state index contributed by atoms with van der Waals surface area (Å²) in [6, 6.07) is 7.18. The quantitative estimate of drug-likeness (QED) is 0.618. The van der Waals surface area contributed by atoms with Crippen LogP contribution in [0.2, 0.25) is 0 Å². The third-order valence-corrected chi connectivity index (χ3v) is 2.83. The largest absolute Gasteiger partial charge is 0.316 e. The van der Waals surface area contributed by atoms with Crippen molar-refractivity contribution in [2.24, 2.45) is 0 Å². The minimum Gasteiger partial charge on any atom is -0.316 e. The lowest BCUT2D eigenvalue weighted by molar-refractivity contribution is -0.140. The van der Waals surface area contributed by atoms with Gasteiger partial charge in [-0.1, -0.05) is 34.1 Å². The minimum atomic E-state index is -1.02. The Labute approximate surface area is 99.5 Å². The van der Waals surface area contributed by atoms with Gasteiger partial charge in [-0.3, -0.25) is 14.4 Å². The van der Waals surface area contributed by atoms with Gasteiger partial charge in [0, 0.05) is 4.47 Å². The van der Waals surface area contributed by atoms with Crippen LogP contribution in [0.5, 0.6) is 0 Å². The Bertz CT molecular complexity index is 534. The first kappa shape index (κ1) is 10.8. The molecule has 4 nitrogen and oxygen atoms in total. The Hall–Kier alpha value is -1.75. The van der Waals surface area contributed by atoms with Gasteiger partial charge in [-0.05, 0) is 17.7 Å². The number of carbonyl (C=O) groups is 3. The maximum atomic E-state index is 11.3. The van der Waals surface area contributed by atoms with Gasteiger partial charge in [0.2, 0.25) is 0 Å². The van der Waals surface area contributed by atoms with E-state index >= 15 is 0 Å². The van der Waals surface area contributed by atoms with Crippen molar-refractivity contribution in [1.82, 2.24) is 5.32 Å². The average Bonchev–Trinajstić information content (AvgIpc) is 2.50. The second-order valence-corrected chi connectivity index (χ2v) is 4.05. The Morgan fingerprint density at radius 3 is 2.31 bits per heavy atom. The molecule has 1 amide bonds. The normalized spacial score (nSPS) is 18.1. The molecule has 1 fully saturated rings. The van der Waals surface area contributed by atoms with Crippen molar-refractivity contribution in [3.05, 3.63) is 40.0 Å². The third-order valence-electron chi connectivity index (χ3n) is 2.11. The van der Waals surface area contributed by atoms with Crippen molar-refractivity contribution in [2.45, 2.75) is 0 Å². The standard InChI is InChI=1S/C11H6BrNO3/c12-7-4-2-1-3-6(7)5-8-9(14)10(15)11(16)13-8/h1-5H,(H,13,16). The van der Waals surface area contributed by atoms with Crippen LogP contribution in [0.1, 0.15) is 5.56 Å². The summed E-state index contributed by atoms with van der Waals surface area (Å²) in [4.78, 5) is 33.2. The molecule has 0 radical (unpaired) electrons. The molecular formula is C11H6BrNO3. The third kappa shape index (κ3) is 1.81. The van der Waals surface area contributed by atoms with Gasteiger partial charge in [-0.2, -0.15) is 0 Å². The lowest BCUT2D eigenvalue weighted by Gasteiger charge is -1.98. The second-order valence-electron chi connectivity index (χ2n) is 3.19. The highest BCUT2D eigenvalue weighted by Crippen LogP contribution is 2.19. The molecule has 1 aromatic carbocycles. The molecular weight excluding hydrogens is 274 g/mol. The number of Topliss-reactive ketones (excluding diaryl/α,β-unsaturated/α-hetero) is 2. The molecule has 0 bridgehead atoms. The number of hydrogen-bond donors (Lipinski definition) is 1. The molecule has 2 rings (SSSR count). The van der Waals surface area contributed by atoms with Crippen molar-refractivity contribution in [3.63, 3.8) is 0 Å². The number of allylic oxidation sites excluding steroid dienone is 1. The molecule has 0 aromatic heterocycles. The lowest BCUT2D eigenvalue weighted by Crippen LogP contribution is -2.18. The number of ketones is 2. The lowest BCUT2D eigenvalue weighted by atomic mass is 10.1. The summed E-state index contributed by atoms with van der Waals surface area (Å²) in [5.74, 6) is -2.68. The van der Waals surface area contributed by atoms with Crippen LogP contribution in [0.15, 0.2) is 34.4 Å². The van der Waals surface area contributed by atoms with Crippen LogP contribution in [-0.2, 0) is 14.4 Å². The topological polar surface area (TPSA) is 63.2 Å². The van der Waals surface area contributed by atoms with E-state index in [0.717, 1.165) is 10.0 Å². The molecule has 0 saturated carbocycles. The minimum absolute atomic E-state index is 0.0156. The number of halogens is 1. The molecule has 1 aliphatic rings. The highest BCUT2D eigenvalue weighted by atomic mass is 79.9. The van der Waals surface area contributed by atoms with E-state index in [1.807, 2.05) is 6.07 Å². The molecule has 0 aliphatic carbocycles. The van der Waals surface area contributed by atoms with Crippen LogP contribution >= 0.6 is 15.9 Å². The zero-order valence-electron chi connectivity index (χ0n) is 7.99. The van der Waals surface area contributed by atoms with E-state index in [2.05, 4.69) is 21.2 Å². The summed E-state index contributed by atoms with van der Waals surface area (Å²) in [5, 5.41) is 2.23. The zero-order chi connectivity index (χ0) is 11.7. The van der Waals surface area contributed by atoms with Gasteiger partial charge in [-0.25, -0.2) is 0 Å².